The van der Waals surface area contributed by atoms with E-state index in [1.54, 1.807) is 12.3 Å². The summed E-state index contributed by atoms with van der Waals surface area (Å²) in [7, 11) is 0. The zero-order valence-electron chi connectivity index (χ0n) is 7.18. The Morgan fingerprint density at radius 3 is 2.71 bits per heavy atom. The van der Waals surface area contributed by atoms with Gasteiger partial charge in [-0.1, -0.05) is 24.3 Å². The molecule has 0 bridgehead atoms. The molecule has 0 atom stereocenters. The molecule has 1 aromatic carbocycles. The topological polar surface area (TPSA) is 59.4 Å². The highest BCUT2D eigenvalue weighted by atomic mass is 17.1. The van der Waals surface area contributed by atoms with Crippen LogP contribution in [0.5, 0.6) is 0 Å². The van der Waals surface area contributed by atoms with Crippen LogP contribution in [0.4, 0.5) is 0 Å². The lowest BCUT2D eigenvalue weighted by Gasteiger charge is -1.98. The molecule has 14 heavy (non-hydrogen) atoms. The van der Waals surface area contributed by atoms with Gasteiger partial charge in [0, 0.05) is 11.6 Å². The van der Waals surface area contributed by atoms with E-state index in [2.05, 4.69) is 9.87 Å². The second-order valence-electron chi connectivity index (χ2n) is 2.80. The zero-order chi connectivity index (χ0) is 9.97. The number of hydrogen-bond donors (Lipinski definition) is 1. The fourth-order valence-corrected chi connectivity index (χ4v) is 1.24. The number of carbonyl (C=O) groups is 1. The van der Waals surface area contributed by atoms with Crippen LogP contribution in [0.15, 0.2) is 36.5 Å². The lowest BCUT2D eigenvalue weighted by molar-refractivity contribution is -0.183. The summed E-state index contributed by atoms with van der Waals surface area (Å²) in [5, 5.41) is 9.98. The quantitative estimate of drug-likeness (QED) is 0.549. The highest BCUT2D eigenvalue weighted by Crippen LogP contribution is 2.13. The summed E-state index contributed by atoms with van der Waals surface area (Å²) >= 11 is 0. The molecule has 0 fully saturated rings. The monoisotopic (exact) mass is 189 g/mol. The molecular formula is C10H7NO3. The summed E-state index contributed by atoms with van der Waals surface area (Å²) in [6.45, 7) is 0. The number of nitrogens with zero attached hydrogens (tertiary/aromatic N) is 1. The van der Waals surface area contributed by atoms with Crippen LogP contribution in [0.25, 0.3) is 10.8 Å². The van der Waals surface area contributed by atoms with E-state index < -0.39 is 5.97 Å². The van der Waals surface area contributed by atoms with Gasteiger partial charge in [0.1, 0.15) is 0 Å². The van der Waals surface area contributed by atoms with Gasteiger partial charge in [0.25, 0.3) is 0 Å². The van der Waals surface area contributed by atoms with E-state index in [0.717, 1.165) is 10.8 Å². The van der Waals surface area contributed by atoms with E-state index in [9.17, 15) is 4.79 Å². The highest BCUT2D eigenvalue weighted by Gasteiger charge is 2.08. The number of hydrogen-bond acceptors (Lipinski definition) is 4. The fraction of sp³-hybridized carbons (Fsp3) is 0. The first-order valence-electron chi connectivity index (χ1n) is 4.02. The van der Waals surface area contributed by atoms with Crippen LogP contribution in [0.1, 0.15) is 10.5 Å². The maximum absolute atomic E-state index is 10.9. The van der Waals surface area contributed by atoms with Gasteiger partial charge in [-0.2, -0.15) is 5.26 Å². The lowest BCUT2D eigenvalue weighted by Crippen LogP contribution is -2.03. The van der Waals surface area contributed by atoms with E-state index in [1.807, 2.05) is 24.3 Å². The molecule has 0 aliphatic carbocycles. The Balaban J connectivity index is 2.56. The Bertz CT molecular complexity index is 482. The van der Waals surface area contributed by atoms with Gasteiger partial charge in [-0.05, 0) is 11.5 Å². The third-order valence-electron chi connectivity index (χ3n) is 1.92. The molecule has 0 unspecified atom stereocenters. The van der Waals surface area contributed by atoms with Crippen molar-refractivity contribution in [3.05, 3.63) is 42.2 Å². The zero-order valence-corrected chi connectivity index (χ0v) is 7.18. The van der Waals surface area contributed by atoms with Crippen LogP contribution in [0.2, 0.25) is 0 Å². The van der Waals surface area contributed by atoms with Gasteiger partial charge in [-0.15, -0.1) is 0 Å². The number of aromatic nitrogens is 1. The second-order valence-corrected chi connectivity index (χ2v) is 2.80. The number of fused-ring (bicyclic) bond motifs is 1. The normalized spacial score (nSPS) is 10.1. The Hall–Kier alpha value is -1.94. The molecule has 0 saturated carbocycles. The smallest absolute Gasteiger partial charge is 0.294 e. The van der Waals surface area contributed by atoms with Gasteiger partial charge < -0.3 is 0 Å². The van der Waals surface area contributed by atoms with Crippen molar-refractivity contribution in [2.75, 3.05) is 0 Å². The maximum Gasteiger partial charge on any atom is 0.390 e. The maximum atomic E-state index is 10.9. The Morgan fingerprint density at radius 1 is 1.29 bits per heavy atom. The molecule has 0 amide bonds. The first-order valence-corrected chi connectivity index (χ1v) is 4.02. The van der Waals surface area contributed by atoms with Crippen molar-refractivity contribution in [1.82, 2.24) is 4.98 Å². The Labute approximate surface area is 79.7 Å². The molecule has 1 N–H and O–H groups in total. The van der Waals surface area contributed by atoms with Gasteiger partial charge in [0.15, 0.2) is 5.69 Å². The molecular weight excluding hydrogens is 182 g/mol. The average molecular weight is 189 g/mol. The van der Waals surface area contributed by atoms with Crippen molar-refractivity contribution >= 4 is 16.7 Å². The summed E-state index contributed by atoms with van der Waals surface area (Å²) < 4.78 is 0. The molecule has 4 heteroatoms. The molecule has 0 radical (unpaired) electrons. The highest BCUT2D eigenvalue weighted by molar-refractivity contribution is 5.92. The van der Waals surface area contributed by atoms with Crippen LogP contribution in [0.3, 0.4) is 0 Å². The third-order valence-corrected chi connectivity index (χ3v) is 1.92. The second kappa shape index (κ2) is 3.43. The van der Waals surface area contributed by atoms with E-state index in [1.165, 1.54) is 0 Å². The minimum absolute atomic E-state index is 0.0891. The molecule has 4 nitrogen and oxygen atoms in total. The standard InChI is InChI=1S/C10H7NO3/c12-10(14-13)9-5-7-3-1-2-4-8(7)6-11-9/h1-6,13H. The first-order chi connectivity index (χ1) is 6.81. The molecule has 0 spiro atoms. The number of pyridine rings is 1. The van der Waals surface area contributed by atoms with Crippen LogP contribution in [-0.2, 0) is 4.89 Å². The van der Waals surface area contributed by atoms with Crippen LogP contribution >= 0.6 is 0 Å². The molecule has 1 aromatic heterocycles. The summed E-state index contributed by atoms with van der Waals surface area (Å²) in [5.74, 6) is -0.851. The van der Waals surface area contributed by atoms with E-state index in [4.69, 9.17) is 5.26 Å². The van der Waals surface area contributed by atoms with E-state index >= 15 is 0 Å². The van der Waals surface area contributed by atoms with Gasteiger partial charge >= 0.3 is 5.97 Å². The third kappa shape index (κ3) is 1.43. The molecule has 1 heterocycles. The summed E-state index contributed by atoms with van der Waals surface area (Å²) in [6, 6.07) is 9.04. The fourth-order valence-electron chi connectivity index (χ4n) is 1.24. The van der Waals surface area contributed by atoms with Crippen molar-refractivity contribution in [3.8, 4) is 0 Å². The molecule has 2 aromatic rings. The van der Waals surface area contributed by atoms with Crippen molar-refractivity contribution in [2.24, 2.45) is 0 Å². The van der Waals surface area contributed by atoms with E-state index in [-0.39, 0.29) is 5.69 Å². The van der Waals surface area contributed by atoms with Gasteiger partial charge in [0.2, 0.25) is 0 Å². The number of benzene rings is 1. The van der Waals surface area contributed by atoms with Crippen LogP contribution in [0, 0.1) is 0 Å². The predicted molar refractivity (Wildman–Crippen MR) is 49.8 cm³/mol. The Kier molecular flexibility index (Phi) is 2.12. The summed E-state index contributed by atoms with van der Waals surface area (Å²) in [6.07, 6.45) is 1.56. The summed E-state index contributed by atoms with van der Waals surface area (Å²) in [5.41, 5.74) is 0.0891. The largest absolute Gasteiger partial charge is 0.390 e. The Morgan fingerprint density at radius 2 is 2.00 bits per heavy atom. The van der Waals surface area contributed by atoms with Crippen molar-refractivity contribution < 1.29 is 14.9 Å². The molecule has 0 aliphatic heterocycles. The minimum atomic E-state index is -0.851. The van der Waals surface area contributed by atoms with E-state index in [0.29, 0.717) is 0 Å². The SMILES string of the molecule is O=C(OO)c1cc2ccccc2cn1. The summed E-state index contributed by atoms with van der Waals surface area (Å²) in [4.78, 5) is 18.3. The van der Waals surface area contributed by atoms with Crippen molar-refractivity contribution in [2.45, 2.75) is 0 Å². The van der Waals surface area contributed by atoms with Crippen molar-refractivity contribution in [3.63, 3.8) is 0 Å². The van der Waals surface area contributed by atoms with Gasteiger partial charge in [0.05, 0.1) is 0 Å². The number of carbonyl (C=O) groups excluding carboxylic acids is 1. The molecule has 0 saturated heterocycles. The van der Waals surface area contributed by atoms with Crippen molar-refractivity contribution in [1.29, 1.82) is 0 Å². The lowest BCUT2D eigenvalue weighted by atomic mass is 10.1. The van der Waals surface area contributed by atoms with Crippen LogP contribution < -0.4 is 0 Å². The molecule has 0 aliphatic rings. The first kappa shape index (κ1) is 8.65. The molecule has 70 valence electrons. The van der Waals surface area contributed by atoms with Gasteiger partial charge in [-0.25, -0.2) is 9.78 Å². The van der Waals surface area contributed by atoms with Crippen LogP contribution in [-0.4, -0.2) is 16.2 Å². The number of rotatable bonds is 1. The predicted octanol–water partition coefficient (Wildman–Crippen LogP) is 1.86. The average Bonchev–Trinajstić information content (AvgIpc) is 2.27. The van der Waals surface area contributed by atoms with Gasteiger partial charge in [-0.3, -0.25) is 4.89 Å². The molecule has 2 rings (SSSR count). The minimum Gasteiger partial charge on any atom is -0.294 e.